The number of allylic oxidation sites excluding steroid dienone is 2. The first-order valence-corrected chi connectivity index (χ1v) is 2.51. The molecular formula is C6H7ClO2. The maximum Gasteiger partial charge on any atom is 0.119 e. The minimum Gasteiger partial charge on any atom is -0.386 e. The molecule has 0 spiro atoms. The van der Waals surface area contributed by atoms with Crippen LogP contribution in [0.25, 0.3) is 0 Å². The van der Waals surface area contributed by atoms with E-state index in [1.165, 1.54) is 0 Å². The van der Waals surface area contributed by atoms with Gasteiger partial charge < -0.3 is 10.2 Å². The fraction of sp³-hybridized carbons (Fsp3) is 0.333. The largest absolute Gasteiger partial charge is 0.386 e. The molecule has 2 atom stereocenters. The highest BCUT2D eigenvalue weighted by Gasteiger charge is 2.18. The van der Waals surface area contributed by atoms with Crippen molar-refractivity contribution in [1.29, 1.82) is 0 Å². The van der Waals surface area contributed by atoms with Gasteiger partial charge in [-0.15, -0.1) is 0 Å². The van der Waals surface area contributed by atoms with Crippen LogP contribution in [0, 0.1) is 0 Å². The monoisotopic (exact) mass is 151 g/mol. The summed E-state index contributed by atoms with van der Waals surface area (Å²) in [5.74, 6) is 0. The Hall–Kier alpha value is -0.310. The lowest BCUT2D eigenvalue weighted by Crippen LogP contribution is -2.25. The van der Waals surface area contributed by atoms with Crippen molar-refractivity contribution in [2.45, 2.75) is 12.2 Å². The molecular weight excluding hydrogens is 140 g/mol. The van der Waals surface area contributed by atoms with Crippen LogP contribution in [-0.2, 0) is 0 Å². The highest BCUT2D eigenvalue weighted by Crippen LogP contribution is 2.16. The zero-order valence-corrected chi connectivity index (χ0v) is 5.03. The van der Waals surface area contributed by atoms with Crippen LogP contribution in [-0.4, -0.2) is 22.4 Å². The summed E-state index contributed by atoms with van der Waals surface area (Å²) in [5.41, 5.74) is 0. The Kier molecular flexibility index (Phi) is 0.767. The van der Waals surface area contributed by atoms with Crippen LogP contribution in [0.1, 0.15) is 6.85 Å². The number of halogens is 1. The van der Waals surface area contributed by atoms with E-state index in [2.05, 4.69) is 0 Å². The normalized spacial score (nSPS) is 61.9. The second-order valence-electron chi connectivity index (χ2n) is 1.39. The summed E-state index contributed by atoms with van der Waals surface area (Å²) in [6.45, 7) is 0. The van der Waals surface area contributed by atoms with E-state index in [9.17, 15) is 10.2 Å². The molecule has 0 aromatic carbocycles. The first-order chi connectivity index (χ1) is 6.14. The summed E-state index contributed by atoms with van der Waals surface area (Å²) in [7, 11) is 0. The third-order valence-electron chi connectivity index (χ3n) is 0.785. The molecule has 0 unspecified atom stereocenters. The molecule has 0 saturated carbocycles. The van der Waals surface area contributed by atoms with Gasteiger partial charge in [-0.3, -0.25) is 0 Å². The quantitative estimate of drug-likeness (QED) is 0.526. The fourth-order valence-corrected chi connectivity index (χ4v) is 0.504. The van der Waals surface area contributed by atoms with Crippen molar-refractivity contribution in [3.8, 4) is 0 Å². The lowest BCUT2D eigenvalue weighted by Gasteiger charge is -2.15. The number of hydrogen-bond donors (Lipinski definition) is 2. The minimum atomic E-state index is -3.02. The van der Waals surface area contributed by atoms with E-state index in [0.717, 1.165) is 0 Å². The zero-order valence-electron chi connectivity index (χ0n) is 9.27. The molecule has 0 bridgehead atoms. The Morgan fingerprint density at radius 3 is 3.11 bits per heavy atom. The van der Waals surface area contributed by atoms with Gasteiger partial charge in [0.05, 0.1) is 6.85 Å². The van der Waals surface area contributed by atoms with Crippen molar-refractivity contribution in [3.05, 3.63) is 23.2 Å². The predicted octanol–water partition coefficient (Wildman–Crippen LogP) is 0.401. The molecule has 0 heterocycles. The molecule has 0 fully saturated rings. The predicted molar refractivity (Wildman–Crippen MR) is 35.1 cm³/mol. The van der Waals surface area contributed by atoms with E-state index in [0.29, 0.717) is 0 Å². The Labute approximate surface area is 65.1 Å². The molecule has 2 nitrogen and oxygen atoms in total. The molecule has 0 aliphatic heterocycles. The Balaban J connectivity index is 3.48. The molecule has 1 aliphatic carbocycles. The highest BCUT2D eigenvalue weighted by molar-refractivity contribution is 6.30. The van der Waals surface area contributed by atoms with Crippen molar-refractivity contribution in [1.82, 2.24) is 0 Å². The molecule has 9 heavy (non-hydrogen) atoms. The van der Waals surface area contributed by atoms with Gasteiger partial charge in [-0.25, -0.2) is 0 Å². The molecule has 0 radical (unpaired) electrons. The summed E-state index contributed by atoms with van der Waals surface area (Å²) in [5, 5.41) is 17.8. The lowest BCUT2D eigenvalue weighted by atomic mass is 10.1. The summed E-state index contributed by atoms with van der Waals surface area (Å²) >= 11 is 5.34. The lowest BCUT2D eigenvalue weighted by molar-refractivity contribution is 0.0764. The molecule has 1 rings (SSSR count). The minimum absolute atomic E-state index is 0.730. The molecule has 0 aromatic rings. The molecule has 50 valence electrons. The van der Waals surface area contributed by atoms with Crippen molar-refractivity contribution in [2.75, 3.05) is 0 Å². The van der Waals surface area contributed by atoms with Crippen LogP contribution in [0.15, 0.2) is 23.2 Å². The van der Waals surface area contributed by atoms with E-state index >= 15 is 0 Å². The van der Waals surface area contributed by atoms with Gasteiger partial charge in [0.1, 0.15) is 12.2 Å². The van der Waals surface area contributed by atoms with Crippen LogP contribution in [0.2, 0.25) is 0 Å². The van der Waals surface area contributed by atoms with E-state index in [-0.39, 0.29) is 0 Å². The third-order valence-corrected chi connectivity index (χ3v) is 1.06. The van der Waals surface area contributed by atoms with Gasteiger partial charge in [0, 0.05) is 5.03 Å². The summed E-state index contributed by atoms with van der Waals surface area (Å²) in [4.78, 5) is 0. The van der Waals surface area contributed by atoms with Crippen molar-refractivity contribution in [3.63, 3.8) is 0 Å². The van der Waals surface area contributed by atoms with Gasteiger partial charge in [0.25, 0.3) is 0 Å². The first-order valence-electron chi connectivity index (χ1n) is 4.64. The second-order valence-corrected chi connectivity index (χ2v) is 1.76. The maximum atomic E-state index is 9.31. The standard InChI is InChI=1S/C6H7ClO2/c7-4-2-1-3-5(8)6(4)9/h1-3,5-6,8-9H/t5-,6+/m0/s1/i1D,2D,3D,5D,6D. The average Bonchev–Trinajstić information content (AvgIpc) is 2.10. The molecule has 0 saturated heterocycles. The molecule has 0 aromatic heterocycles. The van der Waals surface area contributed by atoms with Crippen LogP contribution in [0.3, 0.4) is 0 Å². The number of hydrogen-bond acceptors (Lipinski definition) is 2. The molecule has 0 amide bonds. The second kappa shape index (κ2) is 2.52. The van der Waals surface area contributed by atoms with Gasteiger partial charge in [-0.1, -0.05) is 23.7 Å². The Morgan fingerprint density at radius 2 is 2.44 bits per heavy atom. The fourth-order valence-electron chi connectivity index (χ4n) is 0.368. The van der Waals surface area contributed by atoms with Crippen LogP contribution in [0.4, 0.5) is 0 Å². The first kappa shape index (κ1) is 2.74. The summed E-state index contributed by atoms with van der Waals surface area (Å²) in [6, 6.07) is -2.53. The van der Waals surface area contributed by atoms with Gasteiger partial charge >= 0.3 is 0 Å². The van der Waals surface area contributed by atoms with Gasteiger partial charge in [0.15, 0.2) is 0 Å². The van der Waals surface area contributed by atoms with E-state index in [1.54, 1.807) is 0 Å². The molecule has 3 heteroatoms. The van der Waals surface area contributed by atoms with Crippen LogP contribution in [0.5, 0.6) is 0 Å². The van der Waals surface area contributed by atoms with Crippen molar-refractivity contribution in [2.24, 2.45) is 0 Å². The van der Waals surface area contributed by atoms with E-state index in [4.69, 9.17) is 18.5 Å². The van der Waals surface area contributed by atoms with Gasteiger partial charge in [-0.05, 0) is 6.05 Å². The SMILES string of the molecule is [2H]C1=C([2H])[C@]([2H])(O)[C@]([2H])(O)C(Cl)=C1[2H]. The topological polar surface area (TPSA) is 40.5 Å². The molecule has 1 aliphatic rings. The van der Waals surface area contributed by atoms with E-state index < -0.39 is 35.3 Å². The van der Waals surface area contributed by atoms with Crippen LogP contribution < -0.4 is 0 Å². The number of rotatable bonds is 0. The maximum absolute atomic E-state index is 9.31. The summed E-state index contributed by atoms with van der Waals surface area (Å²) < 4.78 is 35.7. The summed E-state index contributed by atoms with van der Waals surface area (Å²) in [6.07, 6.45) is -6.00. The molecule has 2 N–H and O–H groups in total. The smallest absolute Gasteiger partial charge is 0.119 e. The van der Waals surface area contributed by atoms with Crippen LogP contribution >= 0.6 is 11.6 Å². The van der Waals surface area contributed by atoms with Gasteiger partial charge in [-0.2, -0.15) is 0 Å². The average molecular weight is 152 g/mol. The highest BCUT2D eigenvalue weighted by atomic mass is 35.5. The number of aliphatic hydroxyl groups is 2. The Morgan fingerprint density at radius 1 is 1.78 bits per heavy atom. The van der Waals surface area contributed by atoms with Gasteiger partial charge in [0.2, 0.25) is 0 Å². The Bertz CT molecular complexity index is 312. The third kappa shape index (κ3) is 1.33. The zero-order chi connectivity index (χ0) is 11.3. The van der Waals surface area contributed by atoms with Crippen molar-refractivity contribution < 1.29 is 17.1 Å². The van der Waals surface area contributed by atoms with E-state index in [1.807, 2.05) is 0 Å². The van der Waals surface area contributed by atoms with Crippen molar-refractivity contribution >= 4 is 11.6 Å².